The largest absolute Gasteiger partial charge is 0.459 e. The molecule has 0 spiro atoms. The molecule has 3 aromatic carbocycles. The zero-order valence-corrected chi connectivity index (χ0v) is 19.7. The summed E-state index contributed by atoms with van der Waals surface area (Å²) < 4.78 is 34.3. The van der Waals surface area contributed by atoms with Gasteiger partial charge in [-0.25, -0.2) is 8.78 Å². The van der Waals surface area contributed by atoms with Crippen molar-refractivity contribution in [1.29, 1.82) is 0 Å². The van der Waals surface area contributed by atoms with Gasteiger partial charge in [0, 0.05) is 17.7 Å². The monoisotopic (exact) mass is 477 g/mol. The molecule has 3 aromatic rings. The number of fused-ring (bicyclic) bond motifs is 1. The van der Waals surface area contributed by atoms with Crippen LogP contribution >= 0.6 is 0 Å². The summed E-state index contributed by atoms with van der Waals surface area (Å²) in [4.78, 5) is 39.1. The minimum absolute atomic E-state index is 0.0785. The van der Waals surface area contributed by atoms with Gasteiger partial charge in [-0.05, 0) is 74.2 Å². The van der Waals surface area contributed by atoms with E-state index in [0.29, 0.717) is 24.0 Å². The summed E-state index contributed by atoms with van der Waals surface area (Å²) in [6.07, 6.45) is 1.19. The van der Waals surface area contributed by atoms with E-state index < -0.39 is 41.2 Å². The van der Waals surface area contributed by atoms with Crippen molar-refractivity contribution < 1.29 is 27.9 Å². The molecule has 1 aliphatic carbocycles. The summed E-state index contributed by atoms with van der Waals surface area (Å²) >= 11 is 0. The summed E-state index contributed by atoms with van der Waals surface area (Å²) in [5.41, 5.74) is 1.78. The van der Waals surface area contributed by atoms with Crippen LogP contribution < -0.4 is 4.90 Å². The molecule has 5 nitrogen and oxygen atoms in total. The van der Waals surface area contributed by atoms with Crippen molar-refractivity contribution in [1.82, 2.24) is 0 Å². The van der Waals surface area contributed by atoms with Crippen LogP contribution in [0, 0.1) is 11.6 Å². The Labute approximate surface area is 202 Å². The van der Waals surface area contributed by atoms with Crippen LogP contribution in [0.4, 0.5) is 14.5 Å². The Morgan fingerprint density at radius 3 is 2.26 bits per heavy atom. The van der Waals surface area contributed by atoms with Crippen molar-refractivity contribution in [3.63, 3.8) is 0 Å². The number of ether oxygens (including phenoxy) is 1. The van der Waals surface area contributed by atoms with E-state index in [2.05, 4.69) is 0 Å². The van der Waals surface area contributed by atoms with Crippen LogP contribution in [-0.2, 0) is 16.0 Å². The predicted octanol–water partition coefficient (Wildman–Crippen LogP) is 5.75. The quantitative estimate of drug-likeness (QED) is 0.439. The number of hydrogen-bond donors (Lipinski definition) is 0. The maximum Gasteiger partial charge on any atom is 0.326 e. The number of halogens is 2. The second kappa shape index (κ2) is 9.41. The van der Waals surface area contributed by atoms with Gasteiger partial charge in [0.25, 0.3) is 5.91 Å². The minimum atomic E-state index is -1.03. The highest BCUT2D eigenvalue weighted by atomic mass is 19.1. The summed E-state index contributed by atoms with van der Waals surface area (Å²) in [5.74, 6) is -3.71. The van der Waals surface area contributed by atoms with E-state index in [1.807, 2.05) is 12.1 Å². The number of aryl methyl sites for hydroxylation is 1. The van der Waals surface area contributed by atoms with E-state index in [-0.39, 0.29) is 11.5 Å². The van der Waals surface area contributed by atoms with Crippen LogP contribution in [0.3, 0.4) is 0 Å². The number of ketones is 1. The molecule has 0 aliphatic heterocycles. The first kappa shape index (κ1) is 24.3. The number of carbonyl (C=O) groups is 3. The maximum absolute atomic E-state index is 14.5. The molecule has 0 atom stereocenters. The van der Waals surface area contributed by atoms with Crippen molar-refractivity contribution in [3.8, 4) is 11.1 Å². The van der Waals surface area contributed by atoms with E-state index in [0.717, 1.165) is 34.2 Å². The number of hydrogen-bond acceptors (Lipinski definition) is 4. The molecule has 0 radical (unpaired) electrons. The fourth-order valence-electron chi connectivity index (χ4n) is 4.09. The Kier molecular flexibility index (Phi) is 6.52. The van der Waals surface area contributed by atoms with Crippen LogP contribution in [0.1, 0.15) is 53.5 Å². The number of carbonyl (C=O) groups excluding carboxylic acids is 3. The average molecular weight is 478 g/mol. The first-order chi connectivity index (χ1) is 16.5. The molecule has 0 bridgehead atoms. The lowest BCUT2D eigenvalue weighted by atomic mass is 9.99. The number of Topliss-reactive ketones (excluding diaryl/α,β-unsaturated/α-hetero) is 1. The van der Waals surface area contributed by atoms with E-state index in [4.69, 9.17) is 4.74 Å². The normalized spacial score (nSPS) is 12.9. The summed E-state index contributed by atoms with van der Waals surface area (Å²) in [5, 5.41) is 0. The second-order valence-corrected chi connectivity index (χ2v) is 9.42. The van der Waals surface area contributed by atoms with Crippen molar-refractivity contribution >= 4 is 23.3 Å². The molecule has 1 amide bonds. The van der Waals surface area contributed by atoms with Gasteiger partial charge in [-0.3, -0.25) is 19.3 Å². The van der Waals surface area contributed by atoms with Crippen LogP contribution in [0.15, 0.2) is 60.7 Å². The minimum Gasteiger partial charge on any atom is -0.459 e. The lowest BCUT2D eigenvalue weighted by Crippen LogP contribution is -2.39. The standard InChI is InChI=1S/C28H25F2NO4/c1-28(2,3)35-25(33)16-31(27(34)26-22(29)8-5-9-23(26)30)20-7-4-6-18(14-20)19-11-10-17-12-13-24(32)21(17)15-19/h4-11,14-15H,12-13,16H2,1-3H3. The highest BCUT2D eigenvalue weighted by molar-refractivity contribution is 6.09. The van der Waals surface area contributed by atoms with Gasteiger partial charge in [-0.1, -0.05) is 30.3 Å². The fraction of sp³-hybridized carbons (Fsp3) is 0.250. The van der Waals surface area contributed by atoms with Crippen molar-refractivity contribution in [2.24, 2.45) is 0 Å². The van der Waals surface area contributed by atoms with Gasteiger partial charge < -0.3 is 4.74 Å². The average Bonchev–Trinajstić information content (AvgIpc) is 3.16. The molecule has 0 saturated heterocycles. The Morgan fingerprint density at radius 1 is 0.914 bits per heavy atom. The molecule has 1 aliphatic rings. The maximum atomic E-state index is 14.5. The van der Waals surface area contributed by atoms with Gasteiger partial charge in [0.1, 0.15) is 29.3 Å². The van der Waals surface area contributed by atoms with Crippen molar-refractivity contribution in [2.45, 2.75) is 39.2 Å². The molecule has 180 valence electrons. The van der Waals surface area contributed by atoms with Gasteiger partial charge >= 0.3 is 5.97 Å². The number of anilines is 1. The van der Waals surface area contributed by atoms with Gasteiger partial charge in [0.2, 0.25) is 0 Å². The molecule has 35 heavy (non-hydrogen) atoms. The van der Waals surface area contributed by atoms with Gasteiger partial charge in [-0.15, -0.1) is 0 Å². The number of rotatable bonds is 5. The van der Waals surface area contributed by atoms with Gasteiger partial charge in [0.15, 0.2) is 5.78 Å². The predicted molar refractivity (Wildman–Crippen MR) is 128 cm³/mol. The zero-order chi connectivity index (χ0) is 25.3. The summed E-state index contributed by atoms with van der Waals surface area (Å²) in [6, 6.07) is 15.4. The molecule has 0 N–H and O–H groups in total. The SMILES string of the molecule is CC(C)(C)OC(=O)CN(C(=O)c1c(F)cccc1F)c1cccc(-c2ccc3c(c2)C(=O)CC3)c1. The lowest BCUT2D eigenvalue weighted by molar-refractivity contribution is -0.152. The Bertz CT molecular complexity index is 1310. The molecule has 0 unspecified atom stereocenters. The molecule has 4 rings (SSSR count). The molecular weight excluding hydrogens is 452 g/mol. The molecule has 0 fully saturated rings. The number of nitrogens with zero attached hydrogens (tertiary/aromatic N) is 1. The van der Waals surface area contributed by atoms with Gasteiger partial charge in [-0.2, -0.15) is 0 Å². The lowest BCUT2D eigenvalue weighted by Gasteiger charge is -2.26. The Balaban J connectivity index is 1.75. The molecular formula is C28H25F2NO4. The van der Waals surface area contributed by atoms with E-state index in [9.17, 15) is 23.2 Å². The topological polar surface area (TPSA) is 63.7 Å². The van der Waals surface area contributed by atoms with E-state index in [1.165, 1.54) is 0 Å². The third kappa shape index (κ3) is 5.29. The smallest absolute Gasteiger partial charge is 0.326 e. The number of amides is 1. The molecule has 0 aromatic heterocycles. The third-order valence-electron chi connectivity index (χ3n) is 5.65. The molecule has 0 saturated carbocycles. The summed E-state index contributed by atoms with van der Waals surface area (Å²) in [7, 11) is 0. The summed E-state index contributed by atoms with van der Waals surface area (Å²) in [6.45, 7) is 4.51. The first-order valence-electron chi connectivity index (χ1n) is 11.3. The first-order valence-corrected chi connectivity index (χ1v) is 11.3. The Morgan fingerprint density at radius 2 is 1.57 bits per heavy atom. The Hall–Kier alpha value is -3.87. The molecule has 7 heteroatoms. The third-order valence-corrected chi connectivity index (χ3v) is 5.65. The van der Waals surface area contributed by atoms with Crippen LogP contribution in [-0.4, -0.2) is 29.8 Å². The van der Waals surface area contributed by atoms with Crippen molar-refractivity contribution in [3.05, 3.63) is 89.0 Å². The highest BCUT2D eigenvalue weighted by Gasteiger charge is 2.28. The van der Waals surface area contributed by atoms with E-state index >= 15 is 0 Å². The van der Waals surface area contributed by atoms with Crippen LogP contribution in [0.5, 0.6) is 0 Å². The van der Waals surface area contributed by atoms with Gasteiger partial charge in [0.05, 0.1) is 0 Å². The number of benzene rings is 3. The van der Waals surface area contributed by atoms with Crippen LogP contribution in [0.25, 0.3) is 11.1 Å². The van der Waals surface area contributed by atoms with Crippen molar-refractivity contribution in [2.75, 3.05) is 11.4 Å². The second-order valence-electron chi connectivity index (χ2n) is 9.42. The number of esters is 1. The zero-order valence-electron chi connectivity index (χ0n) is 19.7. The molecule has 0 heterocycles. The van der Waals surface area contributed by atoms with E-state index in [1.54, 1.807) is 51.1 Å². The van der Waals surface area contributed by atoms with Crippen LogP contribution in [0.2, 0.25) is 0 Å². The fourth-order valence-corrected chi connectivity index (χ4v) is 4.09. The highest BCUT2D eigenvalue weighted by Crippen LogP contribution is 2.31.